The third kappa shape index (κ3) is 3.14. The Labute approximate surface area is 64.4 Å². The first kappa shape index (κ1) is 9.35. The molecule has 0 aliphatic rings. The van der Waals surface area contributed by atoms with Crippen LogP contribution in [0.5, 0.6) is 0 Å². The quantitative estimate of drug-likeness (QED) is 0.567. The Balaban J connectivity index is 3.62. The van der Waals surface area contributed by atoms with Crippen molar-refractivity contribution in [1.82, 2.24) is 0 Å². The third-order valence-electron chi connectivity index (χ3n) is 1.99. The second kappa shape index (κ2) is 4.21. The van der Waals surface area contributed by atoms with Gasteiger partial charge in [-0.2, -0.15) is 0 Å². The molecule has 0 aliphatic heterocycles. The lowest BCUT2D eigenvalue weighted by Gasteiger charge is -2.22. The van der Waals surface area contributed by atoms with E-state index in [2.05, 4.69) is 20.8 Å². The van der Waals surface area contributed by atoms with Crippen LogP contribution < -0.4 is 0 Å². The minimum absolute atomic E-state index is 0.217. The zero-order chi connectivity index (χ0) is 7.33. The van der Waals surface area contributed by atoms with Crippen LogP contribution >= 0.6 is 12.6 Å². The highest BCUT2D eigenvalue weighted by Gasteiger charge is 2.19. The van der Waals surface area contributed by atoms with E-state index in [0.717, 1.165) is 12.8 Å². The smallest absolute Gasteiger partial charge is 0.0258 e. The molecule has 0 rings (SSSR count). The van der Waals surface area contributed by atoms with Crippen molar-refractivity contribution in [1.29, 1.82) is 0 Å². The molecule has 0 atom stereocenters. The fraction of sp³-hybridized carbons (Fsp3) is 1.00. The van der Waals surface area contributed by atoms with Gasteiger partial charge in [-0.15, -0.1) is 0 Å². The molecule has 0 aromatic rings. The van der Waals surface area contributed by atoms with Gasteiger partial charge in [-0.25, -0.2) is 0 Å². The van der Waals surface area contributed by atoms with E-state index in [1.54, 1.807) is 0 Å². The standard InChI is InChI=1S/C8H17S/c1-4-7-8(9,5-2)6-3/h4-7H2,1-3H3. The summed E-state index contributed by atoms with van der Waals surface area (Å²) in [5.41, 5.74) is 0. The van der Waals surface area contributed by atoms with Crippen molar-refractivity contribution in [3.05, 3.63) is 0 Å². The fourth-order valence-electron chi connectivity index (χ4n) is 1.06. The van der Waals surface area contributed by atoms with Crippen LogP contribution in [0.4, 0.5) is 0 Å². The van der Waals surface area contributed by atoms with Crippen LogP contribution in [0.3, 0.4) is 0 Å². The second-order valence-corrected chi connectivity index (χ2v) is 3.51. The Bertz CT molecular complexity index is 65.0. The van der Waals surface area contributed by atoms with E-state index in [1.807, 2.05) is 0 Å². The average molecular weight is 145 g/mol. The molecule has 9 heavy (non-hydrogen) atoms. The Morgan fingerprint density at radius 3 is 1.67 bits per heavy atom. The van der Waals surface area contributed by atoms with Crippen LogP contribution in [-0.4, -0.2) is 4.75 Å². The number of rotatable bonds is 4. The van der Waals surface area contributed by atoms with Crippen molar-refractivity contribution in [3.8, 4) is 0 Å². The maximum atomic E-state index is 5.40. The molecule has 0 aliphatic carbocycles. The van der Waals surface area contributed by atoms with Gasteiger partial charge in [-0.05, 0) is 19.3 Å². The molecule has 0 heterocycles. The van der Waals surface area contributed by atoms with E-state index >= 15 is 0 Å². The largest absolute Gasteiger partial charge is 0.0868 e. The summed E-state index contributed by atoms with van der Waals surface area (Å²) in [7, 11) is 0. The normalized spacial score (nSPS) is 12.0. The number of hydrogen-bond acceptors (Lipinski definition) is 0. The molecule has 0 unspecified atom stereocenters. The molecule has 0 N–H and O–H groups in total. The molecule has 0 aromatic carbocycles. The van der Waals surface area contributed by atoms with E-state index in [9.17, 15) is 0 Å². The Hall–Kier alpha value is 0.350. The van der Waals surface area contributed by atoms with Gasteiger partial charge in [0.2, 0.25) is 0 Å². The molecule has 55 valence electrons. The fourth-order valence-corrected chi connectivity index (χ4v) is 1.26. The van der Waals surface area contributed by atoms with Gasteiger partial charge >= 0.3 is 0 Å². The van der Waals surface area contributed by atoms with Crippen molar-refractivity contribution < 1.29 is 0 Å². The third-order valence-corrected chi connectivity index (χ3v) is 2.78. The van der Waals surface area contributed by atoms with Gasteiger partial charge in [0.15, 0.2) is 0 Å². The molecular formula is C8H17S. The molecular weight excluding hydrogens is 128 g/mol. The molecule has 0 bridgehead atoms. The molecule has 0 saturated heterocycles. The molecule has 0 spiro atoms. The maximum absolute atomic E-state index is 5.40. The second-order valence-electron chi connectivity index (χ2n) is 2.64. The number of hydrogen-bond donors (Lipinski definition) is 0. The molecule has 0 nitrogen and oxygen atoms in total. The van der Waals surface area contributed by atoms with Crippen LogP contribution in [0.2, 0.25) is 0 Å². The summed E-state index contributed by atoms with van der Waals surface area (Å²) in [4.78, 5) is 0. The first-order chi connectivity index (χ1) is 4.18. The van der Waals surface area contributed by atoms with E-state index in [1.165, 1.54) is 12.8 Å². The highest BCUT2D eigenvalue weighted by molar-refractivity contribution is 7.81. The topological polar surface area (TPSA) is 0 Å². The Kier molecular flexibility index (Phi) is 4.37. The summed E-state index contributed by atoms with van der Waals surface area (Å²) in [6.07, 6.45) is 4.72. The molecule has 0 aromatic heterocycles. The van der Waals surface area contributed by atoms with Crippen LogP contribution in [0.1, 0.15) is 46.5 Å². The SMILES string of the molecule is CCCC([S])(CC)CC. The molecule has 0 saturated carbocycles. The lowest BCUT2D eigenvalue weighted by atomic mass is 9.97. The first-order valence-electron chi connectivity index (χ1n) is 3.89. The van der Waals surface area contributed by atoms with Gasteiger partial charge in [0, 0.05) is 4.75 Å². The van der Waals surface area contributed by atoms with Crippen LogP contribution in [0.15, 0.2) is 0 Å². The predicted octanol–water partition coefficient (Wildman–Crippen LogP) is 3.54. The van der Waals surface area contributed by atoms with E-state index in [-0.39, 0.29) is 4.75 Å². The van der Waals surface area contributed by atoms with Crippen LogP contribution in [0.25, 0.3) is 0 Å². The summed E-state index contributed by atoms with van der Waals surface area (Å²) in [6.45, 7) is 6.57. The van der Waals surface area contributed by atoms with E-state index in [4.69, 9.17) is 12.6 Å². The van der Waals surface area contributed by atoms with Gasteiger partial charge in [-0.3, -0.25) is 0 Å². The minimum Gasteiger partial charge on any atom is -0.0868 e. The van der Waals surface area contributed by atoms with Crippen molar-refractivity contribution in [2.24, 2.45) is 0 Å². The van der Waals surface area contributed by atoms with E-state index in [0.29, 0.717) is 0 Å². The van der Waals surface area contributed by atoms with Crippen molar-refractivity contribution in [2.75, 3.05) is 0 Å². The average Bonchev–Trinajstić information content (AvgIpc) is 1.89. The van der Waals surface area contributed by atoms with Crippen molar-refractivity contribution >= 4 is 12.6 Å². The van der Waals surface area contributed by atoms with Gasteiger partial charge < -0.3 is 0 Å². The Morgan fingerprint density at radius 1 is 1.11 bits per heavy atom. The lowest BCUT2D eigenvalue weighted by molar-refractivity contribution is 0.505. The minimum atomic E-state index is 0.217. The zero-order valence-electron chi connectivity index (χ0n) is 6.74. The molecule has 0 amide bonds. The summed E-state index contributed by atoms with van der Waals surface area (Å²) >= 11 is 5.40. The van der Waals surface area contributed by atoms with Gasteiger partial charge in [0.1, 0.15) is 0 Å². The lowest BCUT2D eigenvalue weighted by Crippen LogP contribution is -2.17. The van der Waals surface area contributed by atoms with E-state index < -0.39 is 0 Å². The monoisotopic (exact) mass is 145 g/mol. The van der Waals surface area contributed by atoms with Crippen LogP contribution in [0, 0.1) is 0 Å². The van der Waals surface area contributed by atoms with Crippen molar-refractivity contribution in [2.45, 2.75) is 51.2 Å². The van der Waals surface area contributed by atoms with Gasteiger partial charge in [-0.1, -0.05) is 39.8 Å². The van der Waals surface area contributed by atoms with Crippen molar-refractivity contribution in [3.63, 3.8) is 0 Å². The summed E-state index contributed by atoms with van der Waals surface area (Å²) in [5, 5.41) is 0. The van der Waals surface area contributed by atoms with Crippen LogP contribution in [-0.2, 0) is 0 Å². The molecule has 1 heteroatoms. The Morgan fingerprint density at radius 2 is 1.56 bits per heavy atom. The first-order valence-corrected chi connectivity index (χ1v) is 4.29. The highest BCUT2D eigenvalue weighted by Crippen LogP contribution is 2.28. The molecule has 0 fully saturated rings. The predicted molar refractivity (Wildman–Crippen MR) is 45.8 cm³/mol. The summed E-state index contributed by atoms with van der Waals surface area (Å²) in [6, 6.07) is 0. The maximum Gasteiger partial charge on any atom is 0.0258 e. The van der Waals surface area contributed by atoms with Gasteiger partial charge in [0.05, 0.1) is 0 Å². The zero-order valence-corrected chi connectivity index (χ0v) is 7.55. The summed E-state index contributed by atoms with van der Waals surface area (Å²) < 4.78 is 0.217. The summed E-state index contributed by atoms with van der Waals surface area (Å²) in [5.74, 6) is 0. The highest BCUT2D eigenvalue weighted by atomic mass is 32.1. The van der Waals surface area contributed by atoms with Gasteiger partial charge in [0.25, 0.3) is 0 Å². The molecule has 1 radical (unpaired) electrons.